The molecule has 20 heavy (non-hydrogen) atoms. The van der Waals surface area contributed by atoms with Crippen molar-refractivity contribution in [2.75, 3.05) is 5.32 Å². The molecule has 2 aromatic rings. The molecule has 100 valence electrons. The van der Waals surface area contributed by atoms with Gasteiger partial charge in [0.05, 0.1) is 5.56 Å². The maximum Gasteiger partial charge on any atom is 0.144 e. The third kappa shape index (κ3) is 2.30. The fraction of sp³-hybridized carbons (Fsp3) is 0.250. The molecule has 0 atom stereocenters. The molecule has 0 amide bonds. The molecular weight excluding hydrogens is 250 g/mol. The molecule has 1 aromatic carbocycles. The molecule has 4 nitrogen and oxygen atoms in total. The molecule has 4 heteroatoms. The number of nitrogens with one attached hydrogen (secondary N) is 1. The molecular formula is C16H15N3O. The molecule has 0 fully saturated rings. The zero-order valence-corrected chi connectivity index (χ0v) is 11.1. The first-order chi connectivity index (χ1) is 9.78. The maximum atomic E-state index is 9.74. The summed E-state index contributed by atoms with van der Waals surface area (Å²) < 4.78 is 0. The molecule has 0 radical (unpaired) electrons. The van der Waals surface area contributed by atoms with Gasteiger partial charge in [-0.15, -0.1) is 0 Å². The van der Waals surface area contributed by atoms with Gasteiger partial charge in [0.1, 0.15) is 17.6 Å². The number of anilines is 1. The van der Waals surface area contributed by atoms with Crippen LogP contribution in [0.5, 0.6) is 5.75 Å². The minimum atomic E-state index is 0.250. The number of hydrogen-bond acceptors (Lipinski definition) is 4. The van der Waals surface area contributed by atoms with E-state index < -0.39 is 0 Å². The van der Waals surface area contributed by atoms with Crippen molar-refractivity contribution < 1.29 is 5.11 Å². The lowest BCUT2D eigenvalue weighted by Gasteiger charge is -2.10. The standard InChI is InChI=1S/C16H15N3O/c17-9-13-8-11-5-3-6-14(11)19-16(13)18-10-12-4-1-2-7-15(12)20/h1-2,4,7-8,20H,3,5-6,10H2,(H,18,19). The van der Waals surface area contributed by atoms with Crippen molar-refractivity contribution in [1.29, 1.82) is 5.26 Å². The molecule has 0 unspecified atom stereocenters. The summed E-state index contributed by atoms with van der Waals surface area (Å²) in [6, 6.07) is 11.3. The zero-order chi connectivity index (χ0) is 13.9. The normalized spacial score (nSPS) is 12.8. The molecule has 1 aromatic heterocycles. The van der Waals surface area contributed by atoms with Crippen LogP contribution in [0.2, 0.25) is 0 Å². The van der Waals surface area contributed by atoms with Crippen molar-refractivity contribution in [1.82, 2.24) is 4.98 Å². The summed E-state index contributed by atoms with van der Waals surface area (Å²) in [5.74, 6) is 0.857. The number of pyridine rings is 1. The number of nitrogens with zero attached hydrogens (tertiary/aromatic N) is 2. The van der Waals surface area contributed by atoms with E-state index in [1.54, 1.807) is 12.1 Å². The van der Waals surface area contributed by atoms with E-state index in [1.165, 1.54) is 5.56 Å². The van der Waals surface area contributed by atoms with Crippen LogP contribution in [0.15, 0.2) is 30.3 Å². The van der Waals surface area contributed by atoms with E-state index in [0.717, 1.165) is 30.5 Å². The van der Waals surface area contributed by atoms with Crippen LogP contribution in [-0.2, 0) is 19.4 Å². The van der Waals surface area contributed by atoms with Crippen LogP contribution in [0, 0.1) is 11.3 Å². The summed E-state index contributed by atoms with van der Waals surface area (Å²) >= 11 is 0. The second-order valence-corrected chi connectivity index (χ2v) is 4.94. The first kappa shape index (κ1) is 12.5. The average Bonchev–Trinajstić information content (AvgIpc) is 2.92. The SMILES string of the molecule is N#Cc1cc2c(nc1NCc1ccccc1O)CCC2. The minimum absolute atomic E-state index is 0.250. The van der Waals surface area contributed by atoms with E-state index in [9.17, 15) is 10.4 Å². The van der Waals surface area contributed by atoms with E-state index in [1.807, 2.05) is 18.2 Å². The van der Waals surface area contributed by atoms with Gasteiger partial charge >= 0.3 is 0 Å². The van der Waals surface area contributed by atoms with Gasteiger partial charge in [-0.3, -0.25) is 0 Å². The number of phenols is 1. The number of aromatic nitrogens is 1. The molecule has 3 rings (SSSR count). The zero-order valence-electron chi connectivity index (χ0n) is 11.1. The number of benzene rings is 1. The summed E-state index contributed by atoms with van der Waals surface area (Å²) in [5.41, 5.74) is 3.64. The van der Waals surface area contributed by atoms with Crippen LogP contribution in [0.1, 0.15) is 28.8 Å². The van der Waals surface area contributed by atoms with E-state index in [-0.39, 0.29) is 5.75 Å². The summed E-state index contributed by atoms with van der Waals surface area (Å²) in [6.07, 6.45) is 3.10. The van der Waals surface area contributed by atoms with Gasteiger partial charge in [0.2, 0.25) is 0 Å². The molecule has 0 spiro atoms. The number of nitriles is 1. The largest absolute Gasteiger partial charge is 0.508 e. The number of fused-ring (bicyclic) bond motifs is 1. The van der Waals surface area contributed by atoms with Gasteiger partial charge in [0, 0.05) is 17.8 Å². The lowest BCUT2D eigenvalue weighted by molar-refractivity contribution is 0.469. The van der Waals surface area contributed by atoms with Crippen molar-refractivity contribution in [3.8, 4) is 11.8 Å². The summed E-state index contributed by atoms with van der Waals surface area (Å²) in [6.45, 7) is 0.452. The highest BCUT2D eigenvalue weighted by molar-refractivity contribution is 5.55. The second kappa shape index (κ2) is 5.22. The highest BCUT2D eigenvalue weighted by Gasteiger charge is 2.16. The number of rotatable bonds is 3. The Morgan fingerprint density at radius 1 is 1.30 bits per heavy atom. The van der Waals surface area contributed by atoms with Gasteiger partial charge in [-0.05, 0) is 37.0 Å². The topological polar surface area (TPSA) is 68.9 Å². The Bertz CT molecular complexity index is 689. The van der Waals surface area contributed by atoms with Gasteiger partial charge in [0.15, 0.2) is 0 Å². The molecule has 0 saturated carbocycles. The van der Waals surface area contributed by atoms with Crippen molar-refractivity contribution >= 4 is 5.82 Å². The predicted molar refractivity (Wildman–Crippen MR) is 76.4 cm³/mol. The minimum Gasteiger partial charge on any atom is -0.508 e. The summed E-state index contributed by atoms with van der Waals surface area (Å²) in [5, 5.41) is 22.1. The Balaban J connectivity index is 1.84. The van der Waals surface area contributed by atoms with Gasteiger partial charge in [-0.25, -0.2) is 4.98 Å². The van der Waals surface area contributed by atoms with Crippen molar-refractivity contribution in [3.05, 3.63) is 52.7 Å². The fourth-order valence-electron chi connectivity index (χ4n) is 2.53. The highest BCUT2D eigenvalue weighted by Crippen LogP contribution is 2.25. The molecule has 0 saturated heterocycles. The fourth-order valence-corrected chi connectivity index (χ4v) is 2.53. The lowest BCUT2D eigenvalue weighted by atomic mass is 10.1. The van der Waals surface area contributed by atoms with Crippen molar-refractivity contribution in [2.45, 2.75) is 25.8 Å². The Kier molecular flexibility index (Phi) is 3.26. The highest BCUT2D eigenvalue weighted by atomic mass is 16.3. The lowest BCUT2D eigenvalue weighted by Crippen LogP contribution is -2.05. The maximum absolute atomic E-state index is 9.74. The van der Waals surface area contributed by atoms with E-state index in [0.29, 0.717) is 17.9 Å². The smallest absolute Gasteiger partial charge is 0.144 e. The van der Waals surface area contributed by atoms with Crippen molar-refractivity contribution in [3.63, 3.8) is 0 Å². The molecule has 0 aliphatic heterocycles. The summed E-state index contributed by atoms with van der Waals surface area (Å²) in [4.78, 5) is 4.55. The summed E-state index contributed by atoms with van der Waals surface area (Å²) in [7, 11) is 0. The Hall–Kier alpha value is -2.54. The Labute approximate surface area is 117 Å². The van der Waals surface area contributed by atoms with Crippen molar-refractivity contribution in [2.24, 2.45) is 0 Å². The molecule has 1 aliphatic rings. The number of hydrogen-bond donors (Lipinski definition) is 2. The van der Waals surface area contributed by atoms with Crippen LogP contribution in [-0.4, -0.2) is 10.1 Å². The van der Waals surface area contributed by atoms with Gasteiger partial charge in [-0.2, -0.15) is 5.26 Å². The van der Waals surface area contributed by atoms with E-state index in [2.05, 4.69) is 16.4 Å². The molecule has 1 heterocycles. The predicted octanol–water partition coefficient (Wildman–Crippen LogP) is 2.76. The van der Waals surface area contributed by atoms with Gasteiger partial charge < -0.3 is 10.4 Å². The number of aromatic hydroxyl groups is 1. The van der Waals surface area contributed by atoms with Crippen LogP contribution < -0.4 is 5.32 Å². The number of phenolic OH excluding ortho intramolecular Hbond substituents is 1. The quantitative estimate of drug-likeness (QED) is 0.895. The molecule has 0 bridgehead atoms. The first-order valence-corrected chi connectivity index (χ1v) is 6.71. The molecule has 1 aliphatic carbocycles. The third-order valence-electron chi connectivity index (χ3n) is 3.61. The number of aryl methyl sites for hydroxylation is 2. The molecule has 2 N–H and O–H groups in total. The third-order valence-corrected chi connectivity index (χ3v) is 3.61. The van der Waals surface area contributed by atoms with Gasteiger partial charge in [0.25, 0.3) is 0 Å². The average molecular weight is 265 g/mol. The Morgan fingerprint density at radius 3 is 2.95 bits per heavy atom. The van der Waals surface area contributed by atoms with Crippen LogP contribution >= 0.6 is 0 Å². The second-order valence-electron chi connectivity index (χ2n) is 4.94. The first-order valence-electron chi connectivity index (χ1n) is 6.71. The van der Waals surface area contributed by atoms with Crippen LogP contribution in [0.4, 0.5) is 5.82 Å². The Morgan fingerprint density at radius 2 is 2.15 bits per heavy atom. The van der Waals surface area contributed by atoms with E-state index >= 15 is 0 Å². The number of para-hydroxylation sites is 1. The monoisotopic (exact) mass is 265 g/mol. The van der Waals surface area contributed by atoms with Crippen LogP contribution in [0.3, 0.4) is 0 Å². The van der Waals surface area contributed by atoms with E-state index in [4.69, 9.17) is 0 Å². The van der Waals surface area contributed by atoms with Gasteiger partial charge in [-0.1, -0.05) is 18.2 Å². The van der Waals surface area contributed by atoms with Crippen LogP contribution in [0.25, 0.3) is 0 Å².